The molecule has 0 aliphatic carbocycles. The highest BCUT2D eigenvalue weighted by Crippen LogP contribution is 2.27. The number of H-pyrrole nitrogens is 1. The second-order valence-corrected chi connectivity index (χ2v) is 5.24. The molecular weight excluding hydrogens is 344 g/mol. The number of hydrogen-bond donors (Lipinski definition) is 3. The van der Waals surface area contributed by atoms with E-state index in [-0.39, 0.29) is 5.78 Å². The first kappa shape index (κ1) is 18.5. The number of hydrogen-bond acceptors (Lipinski definition) is 4. The third kappa shape index (κ3) is 3.51. The molecule has 0 saturated carbocycles. The average Bonchev–Trinajstić information content (AvgIpc) is 3.07. The molecule has 0 spiro atoms. The van der Waals surface area contributed by atoms with Gasteiger partial charge in [-0.1, -0.05) is 44.5 Å². The lowest BCUT2D eigenvalue weighted by atomic mass is 10.1. The van der Waals surface area contributed by atoms with E-state index >= 15 is 0 Å². The van der Waals surface area contributed by atoms with E-state index < -0.39 is 22.9 Å². The van der Waals surface area contributed by atoms with Crippen LogP contribution in [-0.2, 0) is 6.42 Å². The first-order valence-corrected chi connectivity index (χ1v) is 8.27. The lowest BCUT2D eigenvalue weighted by Gasteiger charge is -2.10. The van der Waals surface area contributed by atoms with E-state index in [0.29, 0.717) is 17.1 Å². The van der Waals surface area contributed by atoms with Crippen molar-refractivity contribution in [2.75, 3.05) is 5.32 Å². The van der Waals surface area contributed by atoms with Crippen molar-refractivity contribution in [2.45, 2.75) is 27.2 Å². The van der Waals surface area contributed by atoms with Crippen molar-refractivity contribution in [3.8, 4) is 5.88 Å². The quantitative estimate of drug-likeness (QED) is 0.666. The highest BCUT2D eigenvalue weighted by atomic mass is 35.5. The van der Waals surface area contributed by atoms with Gasteiger partial charge in [0.25, 0.3) is 11.5 Å². The number of carbonyl (C=O) groups is 1. The maximum Gasteiger partial charge on any atom is 0.269 e. The van der Waals surface area contributed by atoms with Gasteiger partial charge < -0.3 is 10.4 Å². The Kier molecular flexibility index (Phi) is 5.82. The van der Waals surface area contributed by atoms with E-state index in [2.05, 4.69) is 15.3 Å². The maximum atomic E-state index is 12.4. The van der Waals surface area contributed by atoms with Gasteiger partial charge in [0.05, 0.1) is 10.7 Å². The molecule has 1 amide bonds. The molecule has 3 rings (SSSR count). The number of anilines is 1. The van der Waals surface area contributed by atoms with Crippen LogP contribution in [0.1, 0.15) is 36.7 Å². The van der Waals surface area contributed by atoms with Gasteiger partial charge in [0, 0.05) is 12.4 Å². The van der Waals surface area contributed by atoms with Crippen molar-refractivity contribution in [1.29, 1.82) is 0 Å². The Morgan fingerprint density at radius 1 is 1.40 bits per heavy atom. The normalized spacial score (nSPS) is 10.2. The highest BCUT2D eigenvalue weighted by Gasteiger charge is 2.21. The lowest BCUT2D eigenvalue weighted by Crippen LogP contribution is -2.25. The minimum atomic E-state index is -0.755. The Bertz CT molecular complexity index is 962. The van der Waals surface area contributed by atoms with Crippen molar-refractivity contribution in [1.82, 2.24) is 14.4 Å². The zero-order valence-electron chi connectivity index (χ0n) is 14.1. The van der Waals surface area contributed by atoms with E-state index in [0.717, 1.165) is 5.56 Å². The molecule has 3 aromatic rings. The fourth-order valence-corrected chi connectivity index (χ4v) is 2.60. The summed E-state index contributed by atoms with van der Waals surface area (Å²) in [5.74, 6) is -1.09. The van der Waals surface area contributed by atoms with Gasteiger partial charge in [-0.05, 0) is 18.1 Å². The first-order chi connectivity index (χ1) is 12.0. The van der Waals surface area contributed by atoms with Crippen LogP contribution >= 0.6 is 11.6 Å². The van der Waals surface area contributed by atoms with Crippen LogP contribution in [-0.4, -0.2) is 25.4 Å². The minimum Gasteiger partial charge on any atom is -0.493 e. The highest BCUT2D eigenvalue weighted by molar-refractivity contribution is 6.34. The predicted octanol–water partition coefficient (Wildman–Crippen LogP) is 3.22. The minimum absolute atomic E-state index is 0.148. The molecule has 7 nitrogen and oxygen atoms in total. The second-order valence-electron chi connectivity index (χ2n) is 4.86. The van der Waals surface area contributed by atoms with Gasteiger partial charge in [0.1, 0.15) is 0 Å². The molecule has 0 atom stereocenters. The molecule has 0 bridgehead atoms. The summed E-state index contributed by atoms with van der Waals surface area (Å²) in [4.78, 5) is 30.7. The van der Waals surface area contributed by atoms with Crippen molar-refractivity contribution >= 4 is 29.0 Å². The van der Waals surface area contributed by atoms with E-state index in [9.17, 15) is 14.7 Å². The summed E-state index contributed by atoms with van der Waals surface area (Å²) >= 11 is 6.22. The summed E-state index contributed by atoms with van der Waals surface area (Å²) in [6, 6.07) is 5.23. The monoisotopic (exact) mass is 362 g/mol. The number of nitrogens with zero attached hydrogens (tertiary/aromatic N) is 2. The molecule has 2 aromatic heterocycles. The first-order valence-electron chi connectivity index (χ1n) is 7.90. The van der Waals surface area contributed by atoms with Crippen molar-refractivity contribution in [3.63, 3.8) is 0 Å². The molecule has 3 N–H and O–H groups in total. The Morgan fingerprint density at radius 3 is 2.80 bits per heavy atom. The molecule has 0 aliphatic heterocycles. The summed E-state index contributed by atoms with van der Waals surface area (Å²) < 4.78 is 1.21. The van der Waals surface area contributed by atoms with Crippen LogP contribution in [0.2, 0.25) is 5.02 Å². The van der Waals surface area contributed by atoms with Crippen LogP contribution in [0, 0.1) is 0 Å². The summed E-state index contributed by atoms with van der Waals surface area (Å²) in [5.41, 5.74) is 0.100. The molecular formula is C17H19ClN4O3. The zero-order valence-corrected chi connectivity index (χ0v) is 14.9. The number of rotatable bonds is 3. The third-order valence-electron chi connectivity index (χ3n) is 3.48. The standard InChI is InChI=1S/C15H13ClN4O3.C2H6/c1-2-8-4-3-5-9(11(8)16)18-12(21)10-13(22)19-15-17-6-7-20(15)14(10)23;1-2/h3-7,23H,2H2,1H3,(H,18,21)(H,17,19,22);1-2H3. The Balaban J connectivity index is 0.00000109. The van der Waals surface area contributed by atoms with E-state index in [1.165, 1.54) is 16.8 Å². The Hall–Kier alpha value is -2.80. The molecule has 8 heteroatoms. The molecule has 0 unspecified atom stereocenters. The molecule has 0 aliphatic rings. The van der Waals surface area contributed by atoms with Crippen LogP contribution in [0.3, 0.4) is 0 Å². The molecule has 132 valence electrons. The molecule has 25 heavy (non-hydrogen) atoms. The molecule has 1 aromatic carbocycles. The summed E-state index contributed by atoms with van der Waals surface area (Å²) in [6.45, 7) is 5.94. The Labute approximate surface area is 149 Å². The van der Waals surface area contributed by atoms with Crippen molar-refractivity contribution in [2.24, 2.45) is 0 Å². The largest absolute Gasteiger partial charge is 0.493 e. The predicted molar refractivity (Wildman–Crippen MR) is 97.6 cm³/mol. The van der Waals surface area contributed by atoms with Gasteiger partial charge in [0.15, 0.2) is 5.56 Å². The van der Waals surface area contributed by atoms with Crippen LogP contribution in [0.15, 0.2) is 35.4 Å². The number of carbonyl (C=O) groups excluding carboxylic acids is 1. The number of amides is 1. The topological polar surface area (TPSA) is 99.5 Å². The number of aromatic amines is 1. The number of fused-ring (bicyclic) bond motifs is 1. The number of aryl methyl sites for hydroxylation is 1. The molecule has 0 fully saturated rings. The van der Waals surface area contributed by atoms with Crippen LogP contribution < -0.4 is 10.9 Å². The molecule has 0 saturated heterocycles. The molecule has 0 radical (unpaired) electrons. The van der Waals surface area contributed by atoms with Crippen LogP contribution in [0.4, 0.5) is 5.69 Å². The van der Waals surface area contributed by atoms with Crippen LogP contribution in [0.25, 0.3) is 5.78 Å². The van der Waals surface area contributed by atoms with Gasteiger partial charge >= 0.3 is 0 Å². The van der Waals surface area contributed by atoms with Gasteiger partial charge in [-0.3, -0.25) is 19.0 Å². The maximum absolute atomic E-state index is 12.4. The second kappa shape index (κ2) is 7.85. The Morgan fingerprint density at radius 2 is 2.12 bits per heavy atom. The summed E-state index contributed by atoms with van der Waals surface area (Å²) in [5, 5.41) is 13.1. The van der Waals surface area contributed by atoms with Gasteiger partial charge in [-0.2, -0.15) is 0 Å². The SMILES string of the molecule is CC.CCc1cccc(NC(=O)c2c(O)n3ccnc3[nH]c2=O)c1Cl. The number of benzene rings is 1. The third-order valence-corrected chi connectivity index (χ3v) is 3.93. The summed E-state index contributed by atoms with van der Waals surface area (Å²) in [6.07, 6.45) is 3.53. The number of halogens is 1. The van der Waals surface area contributed by atoms with E-state index in [1.807, 2.05) is 26.8 Å². The number of imidazole rings is 1. The lowest BCUT2D eigenvalue weighted by molar-refractivity contribution is 0.102. The fraction of sp³-hybridized carbons (Fsp3) is 0.235. The number of aromatic hydroxyl groups is 1. The zero-order chi connectivity index (χ0) is 18.6. The van der Waals surface area contributed by atoms with Gasteiger partial charge in [-0.15, -0.1) is 0 Å². The average molecular weight is 363 g/mol. The molecule has 2 heterocycles. The van der Waals surface area contributed by atoms with Crippen molar-refractivity contribution in [3.05, 3.63) is 57.1 Å². The van der Waals surface area contributed by atoms with E-state index in [4.69, 9.17) is 11.6 Å². The van der Waals surface area contributed by atoms with Gasteiger partial charge in [-0.25, -0.2) is 4.98 Å². The number of nitrogens with one attached hydrogen (secondary N) is 2. The number of aromatic nitrogens is 3. The van der Waals surface area contributed by atoms with Gasteiger partial charge in [0.2, 0.25) is 11.7 Å². The van der Waals surface area contributed by atoms with E-state index in [1.54, 1.807) is 12.1 Å². The fourth-order valence-electron chi connectivity index (χ4n) is 2.29. The van der Waals surface area contributed by atoms with Crippen LogP contribution in [0.5, 0.6) is 5.88 Å². The van der Waals surface area contributed by atoms with Crippen molar-refractivity contribution < 1.29 is 9.90 Å². The smallest absolute Gasteiger partial charge is 0.269 e. The summed E-state index contributed by atoms with van der Waals surface area (Å²) in [7, 11) is 0.